The lowest BCUT2D eigenvalue weighted by atomic mass is 10.0. The van der Waals surface area contributed by atoms with E-state index < -0.39 is 0 Å². The summed E-state index contributed by atoms with van der Waals surface area (Å²) in [7, 11) is 10.1. The molecule has 102 valence electrons. The van der Waals surface area contributed by atoms with Gasteiger partial charge in [0.15, 0.2) is 0 Å². The molecule has 0 amide bonds. The first-order valence-corrected chi connectivity index (χ1v) is 6.46. The maximum atomic E-state index is 5.62. The number of rotatable bonds is 6. The largest absolute Gasteiger partial charge is 0.496 e. The smallest absolute Gasteiger partial charge is 0.127 e. The van der Waals surface area contributed by atoms with Crippen LogP contribution in [-0.2, 0) is 19.5 Å². The van der Waals surface area contributed by atoms with Crippen LogP contribution < -0.4 is 4.74 Å². The second-order valence-corrected chi connectivity index (χ2v) is 5.28. The van der Waals surface area contributed by atoms with Crippen molar-refractivity contribution in [3.05, 3.63) is 28.8 Å². The van der Waals surface area contributed by atoms with E-state index in [2.05, 4.69) is 57.0 Å². The third-order valence-corrected chi connectivity index (χ3v) is 2.89. The normalized spacial score (nSPS) is 11.3. The highest BCUT2D eigenvalue weighted by Crippen LogP contribution is 2.28. The molecule has 0 spiro atoms. The standard InChI is InChI=1S/C15H26N2O/c1-7-12-8-13(10-16(2)3)15(18-6)14(9-12)11-17(4)5/h8-9H,7,10-11H2,1-6H3. The van der Waals surface area contributed by atoms with Gasteiger partial charge in [-0.2, -0.15) is 0 Å². The number of benzene rings is 1. The third-order valence-electron chi connectivity index (χ3n) is 2.89. The van der Waals surface area contributed by atoms with Gasteiger partial charge in [0, 0.05) is 24.2 Å². The van der Waals surface area contributed by atoms with E-state index in [1.165, 1.54) is 16.7 Å². The molecule has 1 aromatic carbocycles. The molecule has 0 unspecified atom stereocenters. The maximum Gasteiger partial charge on any atom is 0.127 e. The van der Waals surface area contributed by atoms with E-state index in [1.54, 1.807) is 7.11 Å². The number of nitrogens with zero attached hydrogens (tertiary/aromatic N) is 2. The average molecular weight is 250 g/mol. The minimum absolute atomic E-state index is 0.914. The van der Waals surface area contributed by atoms with Gasteiger partial charge in [0.25, 0.3) is 0 Å². The van der Waals surface area contributed by atoms with E-state index in [1.807, 2.05) is 0 Å². The fraction of sp³-hybridized carbons (Fsp3) is 0.600. The van der Waals surface area contributed by atoms with Crippen molar-refractivity contribution in [2.45, 2.75) is 26.4 Å². The molecule has 0 saturated heterocycles. The Morgan fingerprint density at radius 2 is 1.39 bits per heavy atom. The number of aryl methyl sites for hydroxylation is 1. The molecular weight excluding hydrogens is 224 g/mol. The van der Waals surface area contributed by atoms with Crippen molar-refractivity contribution in [1.82, 2.24) is 9.80 Å². The Bertz CT molecular complexity index is 355. The highest BCUT2D eigenvalue weighted by molar-refractivity contribution is 5.45. The summed E-state index contributed by atoms with van der Waals surface area (Å²) in [4.78, 5) is 4.35. The van der Waals surface area contributed by atoms with E-state index in [0.29, 0.717) is 0 Å². The molecule has 0 fully saturated rings. The van der Waals surface area contributed by atoms with Gasteiger partial charge in [-0.15, -0.1) is 0 Å². The Morgan fingerprint density at radius 1 is 0.944 bits per heavy atom. The van der Waals surface area contributed by atoms with Crippen LogP contribution in [0.15, 0.2) is 12.1 Å². The molecule has 1 rings (SSSR count). The zero-order valence-corrected chi connectivity index (χ0v) is 12.6. The molecule has 0 aliphatic rings. The molecule has 3 nitrogen and oxygen atoms in total. The van der Waals surface area contributed by atoms with Crippen molar-refractivity contribution >= 4 is 0 Å². The Labute approximate surface area is 111 Å². The Balaban J connectivity index is 3.20. The molecule has 0 N–H and O–H groups in total. The Kier molecular flexibility index (Phi) is 5.63. The summed E-state index contributed by atoms with van der Waals surface area (Å²) in [5.74, 6) is 1.04. The Morgan fingerprint density at radius 3 is 1.67 bits per heavy atom. The molecule has 0 aromatic heterocycles. The van der Waals surface area contributed by atoms with Gasteiger partial charge in [-0.25, -0.2) is 0 Å². The van der Waals surface area contributed by atoms with Gasteiger partial charge in [-0.3, -0.25) is 0 Å². The minimum Gasteiger partial charge on any atom is -0.496 e. The lowest BCUT2D eigenvalue weighted by Gasteiger charge is -2.20. The van der Waals surface area contributed by atoms with Crippen LogP contribution in [-0.4, -0.2) is 45.1 Å². The van der Waals surface area contributed by atoms with Crippen molar-refractivity contribution in [3.8, 4) is 5.75 Å². The molecule has 0 atom stereocenters. The highest BCUT2D eigenvalue weighted by atomic mass is 16.5. The van der Waals surface area contributed by atoms with E-state index in [0.717, 1.165) is 25.3 Å². The van der Waals surface area contributed by atoms with Crippen molar-refractivity contribution in [1.29, 1.82) is 0 Å². The number of methoxy groups -OCH3 is 1. The number of ether oxygens (including phenoxy) is 1. The van der Waals surface area contributed by atoms with Gasteiger partial charge in [0.05, 0.1) is 7.11 Å². The van der Waals surface area contributed by atoms with Crippen LogP contribution in [0.4, 0.5) is 0 Å². The third kappa shape index (κ3) is 4.00. The maximum absolute atomic E-state index is 5.62. The topological polar surface area (TPSA) is 15.7 Å². The zero-order valence-electron chi connectivity index (χ0n) is 12.6. The molecule has 18 heavy (non-hydrogen) atoms. The van der Waals surface area contributed by atoms with Crippen LogP contribution in [0.25, 0.3) is 0 Å². The fourth-order valence-corrected chi connectivity index (χ4v) is 2.21. The Hall–Kier alpha value is -1.06. The summed E-state index contributed by atoms with van der Waals surface area (Å²) in [6, 6.07) is 4.52. The van der Waals surface area contributed by atoms with Gasteiger partial charge in [0.2, 0.25) is 0 Å². The molecule has 0 bridgehead atoms. The molecule has 0 radical (unpaired) electrons. The van der Waals surface area contributed by atoms with E-state index in [4.69, 9.17) is 4.74 Å². The van der Waals surface area contributed by atoms with E-state index in [-0.39, 0.29) is 0 Å². The SMILES string of the molecule is CCc1cc(CN(C)C)c(OC)c(CN(C)C)c1. The molecule has 3 heteroatoms. The average Bonchev–Trinajstić information content (AvgIpc) is 2.27. The first-order valence-electron chi connectivity index (χ1n) is 6.46. The second kappa shape index (κ2) is 6.76. The van der Waals surface area contributed by atoms with Crippen LogP contribution in [0.3, 0.4) is 0 Å². The van der Waals surface area contributed by atoms with Crippen LogP contribution in [0.2, 0.25) is 0 Å². The quantitative estimate of drug-likeness (QED) is 0.771. The zero-order chi connectivity index (χ0) is 13.7. The fourth-order valence-electron chi connectivity index (χ4n) is 2.21. The van der Waals surface area contributed by atoms with Gasteiger partial charge in [0.1, 0.15) is 5.75 Å². The van der Waals surface area contributed by atoms with Gasteiger partial charge in [-0.05, 0) is 40.2 Å². The van der Waals surface area contributed by atoms with Crippen molar-refractivity contribution in [3.63, 3.8) is 0 Å². The summed E-state index contributed by atoms with van der Waals surface area (Å²) in [6.45, 7) is 4.02. The molecule has 0 heterocycles. The van der Waals surface area contributed by atoms with Crippen molar-refractivity contribution in [2.75, 3.05) is 35.3 Å². The molecule has 0 aliphatic carbocycles. The van der Waals surface area contributed by atoms with Gasteiger partial charge < -0.3 is 14.5 Å². The summed E-state index contributed by atoms with van der Waals surface area (Å²) < 4.78 is 5.62. The predicted octanol–water partition coefficient (Wildman–Crippen LogP) is 2.38. The summed E-state index contributed by atoms with van der Waals surface area (Å²) in [5.41, 5.74) is 3.93. The van der Waals surface area contributed by atoms with Crippen molar-refractivity contribution < 1.29 is 4.74 Å². The lowest BCUT2D eigenvalue weighted by molar-refractivity contribution is 0.353. The van der Waals surface area contributed by atoms with E-state index in [9.17, 15) is 0 Å². The van der Waals surface area contributed by atoms with Gasteiger partial charge >= 0.3 is 0 Å². The van der Waals surface area contributed by atoms with Crippen LogP contribution in [0, 0.1) is 0 Å². The molecule has 1 aromatic rings. The number of hydrogen-bond acceptors (Lipinski definition) is 3. The van der Waals surface area contributed by atoms with Gasteiger partial charge in [-0.1, -0.05) is 19.1 Å². The summed E-state index contributed by atoms with van der Waals surface area (Å²) in [6.07, 6.45) is 1.06. The minimum atomic E-state index is 0.914. The second-order valence-electron chi connectivity index (χ2n) is 5.28. The number of hydrogen-bond donors (Lipinski definition) is 0. The lowest BCUT2D eigenvalue weighted by Crippen LogP contribution is -2.15. The van der Waals surface area contributed by atoms with Crippen LogP contribution >= 0.6 is 0 Å². The summed E-state index contributed by atoms with van der Waals surface area (Å²) >= 11 is 0. The molecular formula is C15H26N2O. The first-order chi connectivity index (χ1) is 8.47. The van der Waals surface area contributed by atoms with E-state index >= 15 is 0 Å². The predicted molar refractivity (Wildman–Crippen MR) is 77.2 cm³/mol. The van der Waals surface area contributed by atoms with Crippen LogP contribution in [0.1, 0.15) is 23.6 Å². The first kappa shape index (κ1) is 15.0. The molecule has 0 saturated carbocycles. The monoisotopic (exact) mass is 250 g/mol. The summed E-state index contributed by atoms with van der Waals surface area (Å²) in [5, 5.41) is 0. The van der Waals surface area contributed by atoms with Crippen LogP contribution in [0.5, 0.6) is 5.75 Å². The van der Waals surface area contributed by atoms with Crippen molar-refractivity contribution in [2.24, 2.45) is 0 Å². The highest BCUT2D eigenvalue weighted by Gasteiger charge is 2.12. The molecule has 0 aliphatic heterocycles.